The molecule has 1 aromatic heterocycles. The molecule has 0 unspecified atom stereocenters. The summed E-state index contributed by atoms with van der Waals surface area (Å²) in [5.74, 6) is 1.29. The largest absolute Gasteiger partial charge is 0.416 e. The van der Waals surface area contributed by atoms with Gasteiger partial charge in [0, 0.05) is 37.0 Å². The molecule has 1 aliphatic rings. The highest BCUT2D eigenvalue weighted by molar-refractivity contribution is 5.94. The molecule has 1 saturated heterocycles. The van der Waals surface area contributed by atoms with Crippen molar-refractivity contribution in [3.8, 4) is 11.1 Å². The van der Waals surface area contributed by atoms with Crippen LogP contribution in [0.25, 0.3) is 11.1 Å². The first-order valence-corrected chi connectivity index (χ1v) is 9.48. The molecule has 1 N–H and O–H groups in total. The Balaban J connectivity index is 1.41. The lowest BCUT2D eigenvalue weighted by molar-refractivity contribution is -0.137. The minimum atomic E-state index is -4.35. The van der Waals surface area contributed by atoms with Crippen molar-refractivity contribution in [2.75, 3.05) is 13.1 Å². The van der Waals surface area contributed by atoms with Gasteiger partial charge in [-0.15, -0.1) is 0 Å². The summed E-state index contributed by atoms with van der Waals surface area (Å²) in [6.07, 6.45) is 0.932. The number of H-pyrrole nitrogens is 1. The van der Waals surface area contributed by atoms with E-state index in [4.69, 9.17) is 0 Å². The van der Waals surface area contributed by atoms with Crippen molar-refractivity contribution in [1.29, 1.82) is 0 Å². The number of halogens is 3. The predicted octanol–water partition coefficient (Wildman–Crippen LogP) is 5.12. The Morgan fingerprint density at radius 3 is 2.07 bits per heavy atom. The lowest BCUT2D eigenvalue weighted by atomic mass is 9.95. The first kappa shape index (κ1) is 19.2. The molecule has 4 nitrogen and oxygen atoms in total. The average Bonchev–Trinajstić information content (AvgIpc) is 3.28. The molecule has 2 aromatic carbocycles. The van der Waals surface area contributed by atoms with Gasteiger partial charge >= 0.3 is 6.18 Å². The van der Waals surface area contributed by atoms with Gasteiger partial charge in [0.15, 0.2) is 0 Å². The normalized spacial score (nSPS) is 15.5. The van der Waals surface area contributed by atoms with Crippen molar-refractivity contribution < 1.29 is 18.0 Å². The maximum atomic E-state index is 12.8. The van der Waals surface area contributed by atoms with Crippen LogP contribution in [0, 0.1) is 0 Å². The first-order valence-electron chi connectivity index (χ1n) is 9.48. The van der Waals surface area contributed by atoms with Crippen LogP contribution < -0.4 is 0 Å². The molecule has 0 atom stereocenters. The number of carbonyl (C=O) groups excluding carboxylic acids is 1. The summed E-state index contributed by atoms with van der Waals surface area (Å²) in [6, 6.07) is 12.0. The quantitative estimate of drug-likeness (QED) is 0.665. The second-order valence-corrected chi connectivity index (χ2v) is 7.19. The Hall–Kier alpha value is -3.09. The molecule has 3 aromatic rings. The third kappa shape index (κ3) is 4.18. The lowest BCUT2D eigenvalue weighted by Crippen LogP contribution is -2.38. The molecule has 4 rings (SSSR count). The van der Waals surface area contributed by atoms with Crippen LogP contribution in [0.2, 0.25) is 0 Å². The molecule has 1 aliphatic heterocycles. The summed E-state index contributed by atoms with van der Waals surface area (Å²) in [6.45, 7) is 1.34. The van der Waals surface area contributed by atoms with Gasteiger partial charge < -0.3 is 9.88 Å². The summed E-state index contributed by atoms with van der Waals surface area (Å²) in [4.78, 5) is 22.1. The Kier molecular flexibility index (Phi) is 5.13. The predicted molar refractivity (Wildman–Crippen MR) is 103 cm³/mol. The minimum absolute atomic E-state index is 0.0261. The van der Waals surface area contributed by atoms with Gasteiger partial charge in [-0.05, 0) is 48.2 Å². The SMILES string of the molecule is O=C(c1ccc(-c2ccc(C(F)(F)F)cc2)cc1)N1CCC(c2ncc[nH]2)CC1. The number of amides is 1. The first-order chi connectivity index (χ1) is 13.9. The number of piperidine rings is 1. The zero-order valence-corrected chi connectivity index (χ0v) is 15.6. The maximum absolute atomic E-state index is 12.8. The average molecular weight is 399 g/mol. The van der Waals surface area contributed by atoms with Crippen molar-refractivity contribution in [2.45, 2.75) is 24.9 Å². The van der Waals surface area contributed by atoms with E-state index < -0.39 is 11.7 Å². The van der Waals surface area contributed by atoms with Gasteiger partial charge in [0.25, 0.3) is 5.91 Å². The minimum Gasteiger partial charge on any atom is -0.348 e. The number of rotatable bonds is 3. The highest BCUT2D eigenvalue weighted by Crippen LogP contribution is 2.31. The number of benzene rings is 2. The summed E-state index contributed by atoms with van der Waals surface area (Å²) in [5.41, 5.74) is 1.35. The van der Waals surface area contributed by atoms with Gasteiger partial charge in [-0.2, -0.15) is 13.2 Å². The molecule has 0 radical (unpaired) electrons. The number of likely N-dealkylation sites (tertiary alicyclic amines) is 1. The van der Waals surface area contributed by atoms with E-state index in [-0.39, 0.29) is 5.91 Å². The zero-order chi connectivity index (χ0) is 20.4. The van der Waals surface area contributed by atoms with Crippen molar-refractivity contribution in [2.24, 2.45) is 0 Å². The molecule has 7 heteroatoms. The number of carbonyl (C=O) groups is 1. The van der Waals surface area contributed by atoms with Crippen LogP contribution in [0.1, 0.15) is 40.5 Å². The second kappa shape index (κ2) is 7.73. The fraction of sp³-hybridized carbons (Fsp3) is 0.273. The van der Waals surface area contributed by atoms with Crippen LogP contribution in [-0.4, -0.2) is 33.9 Å². The smallest absolute Gasteiger partial charge is 0.348 e. The number of imidazole rings is 1. The van der Waals surface area contributed by atoms with Crippen LogP contribution >= 0.6 is 0 Å². The van der Waals surface area contributed by atoms with Crippen LogP contribution in [0.5, 0.6) is 0 Å². The molecule has 2 heterocycles. The third-order valence-corrected chi connectivity index (χ3v) is 5.37. The van der Waals surface area contributed by atoms with Gasteiger partial charge in [0.2, 0.25) is 0 Å². The van der Waals surface area contributed by atoms with E-state index in [0.29, 0.717) is 30.1 Å². The van der Waals surface area contributed by atoms with E-state index in [2.05, 4.69) is 9.97 Å². The van der Waals surface area contributed by atoms with Crippen molar-refractivity contribution in [1.82, 2.24) is 14.9 Å². The van der Waals surface area contributed by atoms with Crippen molar-refractivity contribution in [3.63, 3.8) is 0 Å². The van der Waals surface area contributed by atoms with Gasteiger partial charge in [-0.1, -0.05) is 24.3 Å². The number of aromatic amines is 1. The van der Waals surface area contributed by atoms with Gasteiger partial charge in [-0.25, -0.2) is 4.98 Å². The second-order valence-electron chi connectivity index (χ2n) is 7.19. The summed E-state index contributed by atoms with van der Waals surface area (Å²) in [7, 11) is 0. The van der Waals surface area contributed by atoms with Crippen molar-refractivity contribution >= 4 is 5.91 Å². The maximum Gasteiger partial charge on any atom is 0.416 e. The molecule has 150 valence electrons. The molecule has 29 heavy (non-hydrogen) atoms. The Morgan fingerprint density at radius 2 is 1.55 bits per heavy atom. The number of nitrogens with one attached hydrogen (secondary N) is 1. The van der Waals surface area contributed by atoms with Crippen LogP contribution in [0.3, 0.4) is 0 Å². The monoisotopic (exact) mass is 399 g/mol. The summed E-state index contributed by atoms with van der Waals surface area (Å²) >= 11 is 0. The van der Waals surface area contributed by atoms with Gasteiger partial charge in [0.1, 0.15) is 5.82 Å². The highest BCUT2D eigenvalue weighted by Gasteiger charge is 2.30. The number of nitrogens with zero attached hydrogens (tertiary/aromatic N) is 2. The molecule has 0 spiro atoms. The number of hydrogen-bond acceptors (Lipinski definition) is 2. The Labute approximate surface area is 166 Å². The van der Waals surface area contributed by atoms with E-state index >= 15 is 0 Å². The Bertz CT molecular complexity index is 956. The van der Waals surface area contributed by atoms with Crippen molar-refractivity contribution in [3.05, 3.63) is 77.9 Å². The molecular weight excluding hydrogens is 379 g/mol. The fourth-order valence-corrected chi connectivity index (χ4v) is 3.70. The molecule has 1 amide bonds. The standard InChI is InChI=1S/C22H20F3N3O/c23-22(24,25)19-7-5-16(6-8-19)15-1-3-18(4-2-15)21(29)28-13-9-17(10-14-28)20-26-11-12-27-20/h1-8,11-12,17H,9-10,13-14H2,(H,26,27). The highest BCUT2D eigenvalue weighted by atomic mass is 19.4. The third-order valence-electron chi connectivity index (χ3n) is 5.37. The van der Waals surface area contributed by atoms with Gasteiger partial charge in [-0.3, -0.25) is 4.79 Å². The van der Waals surface area contributed by atoms with E-state index in [1.165, 1.54) is 12.1 Å². The molecular formula is C22H20F3N3O. The van der Waals surface area contributed by atoms with Crippen LogP contribution in [0.4, 0.5) is 13.2 Å². The molecule has 1 fully saturated rings. The fourth-order valence-electron chi connectivity index (χ4n) is 3.70. The summed E-state index contributed by atoms with van der Waals surface area (Å²) < 4.78 is 38.1. The molecule has 0 bridgehead atoms. The van der Waals surface area contributed by atoms with E-state index in [0.717, 1.165) is 36.4 Å². The number of hydrogen-bond donors (Lipinski definition) is 1. The summed E-state index contributed by atoms with van der Waals surface area (Å²) in [5, 5.41) is 0. The van der Waals surface area contributed by atoms with E-state index in [1.807, 2.05) is 11.1 Å². The van der Waals surface area contributed by atoms with Gasteiger partial charge in [0.05, 0.1) is 5.56 Å². The topological polar surface area (TPSA) is 49.0 Å². The van der Waals surface area contributed by atoms with Crippen LogP contribution in [0.15, 0.2) is 60.9 Å². The molecule has 0 aliphatic carbocycles. The van der Waals surface area contributed by atoms with E-state index in [1.54, 1.807) is 30.5 Å². The zero-order valence-electron chi connectivity index (χ0n) is 15.6. The lowest BCUT2D eigenvalue weighted by Gasteiger charge is -2.31. The number of alkyl halides is 3. The van der Waals surface area contributed by atoms with Crippen LogP contribution in [-0.2, 0) is 6.18 Å². The molecule has 0 saturated carbocycles. The number of aromatic nitrogens is 2. The van der Waals surface area contributed by atoms with E-state index in [9.17, 15) is 18.0 Å². The Morgan fingerprint density at radius 1 is 0.966 bits per heavy atom.